The molecule has 0 saturated heterocycles. The molecule has 0 aliphatic heterocycles. The summed E-state index contributed by atoms with van der Waals surface area (Å²) in [7, 11) is 0. The summed E-state index contributed by atoms with van der Waals surface area (Å²) in [5, 5.41) is 4.99. The fraction of sp³-hybridized carbons (Fsp3) is 0.582. The van der Waals surface area contributed by atoms with Crippen LogP contribution in [-0.4, -0.2) is 0 Å². The highest BCUT2D eigenvalue weighted by Crippen LogP contribution is 2.45. The molecule has 0 aromatic carbocycles. The second kappa shape index (κ2) is 56.6. The topological polar surface area (TPSA) is 0 Å². The lowest BCUT2D eigenvalue weighted by Crippen LogP contribution is -1.95. The number of hydrogen-bond donors (Lipinski definition) is 0. The molecule has 0 aliphatic rings. The van der Waals surface area contributed by atoms with E-state index in [1.54, 1.807) is 89.0 Å². The largest absolute Gasteiger partial charge is 0.144 e. The van der Waals surface area contributed by atoms with Gasteiger partial charge in [0.05, 0.1) is 0 Å². The van der Waals surface area contributed by atoms with E-state index in [1.165, 1.54) is 312 Å². The first-order chi connectivity index (χ1) is 57.9. The Morgan fingerprint density at radius 1 is 0.144 bits per heavy atom. The Kier molecular flexibility index (Phi) is 47.6. The number of hydrogen-bond acceptors (Lipinski definition) is 8. The first kappa shape index (κ1) is 99.2. The van der Waals surface area contributed by atoms with Crippen LogP contribution in [-0.2, 0) is 103 Å². The van der Waals surface area contributed by atoms with Crippen molar-refractivity contribution >= 4 is 176 Å². The van der Waals surface area contributed by atoms with Crippen LogP contribution in [0.5, 0.6) is 0 Å². The van der Waals surface area contributed by atoms with Crippen LogP contribution in [0, 0.1) is 0 Å². The van der Waals surface area contributed by atoms with Crippen molar-refractivity contribution < 1.29 is 0 Å². The molecule has 0 fully saturated rings. The first-order valence-corrected chi connectivity index (χ1v) is 55.4. The predicted octanol–water partition coefficient (Wildman–Crippen LogP) is 38.9. The normalized spacial score (nSPS) is 12.4. The molecule has 0 radical (unpaired) electrons. The number of unbranched alkanes of at least 4 members (excludes halogenated alkanes) is 16. The van der Waals surface area contributed by atoms with Crippen LogP contribution in [0.15, 0.2) is 10.8 Å². The van der Waals surface area contributed by atoms with Gasteiger partial charge in [0.25, 0.3) is 0 Å². The smallest absolute Gasteiger partial charge is 0.0312 e. The molecular weight excluding hydrogens is 1580 g/mol. The maximum atomic E-state index is 2.61. The van der Waals surface area contributed by atoms with Gasteiger partial charge in [-0.15, -0.1) is 90.7 Å². The van der Waals surface area contributed by atoms with E-state index in [0.717, 1.165) is 64.2 Å². The van der Waals surface area contributed by atoms with Gasteiger partial charge >= 0.3 is 0 Å². The van der Waals surface area contributed by atoms with Gasteiger partial charge in [0.15, 0.2) is 0 Å². The molecule has 0 saturated carbocycles. The van der Waals surface area contributed by atoms with E-state index in [2.05, 4.69) is 275 Å². The van der Waals surface area contributed by atoms with Crippen molar-refractivity contribution in [1.29, 1.82) is 0 Å². The summed E-state index contributed by atoms with van der Waals surface area (Å²) in [5.41, 5.74) is 26.0. The maximum Gasteiger partial charge on any atom is 0.0312 e. The third-order valence-electron chi connectivity index (χ3n) is 24.3. The molecule has 8 heterocycles. The van der Waals surface area contributed by atoms with E-state index < -0.39 is 0 Å². The molecule has 8 rings (SSSR count). The Balaban J connectivity index is 1.21. The molecule has 0 unspecified atom stereocenters. The van der Waals surface area contributed by atoms with Crippen LogP contribution >= 0.6 is 90.7 Å². The van der Waals surface area contributed by atoms with E-state index in [4.69, 9.17) is 0 Å². The minimum atomic E-state index is 1.15. The number of thiophene rings is 8. The Hall–Kier alpha value is -4.22. The van der Waals surface area contributed by atoms with Crippen molar-refractivity contribution in [2.75, 3.05) is 0 Å². The third-order valence-corrected chi connectivity index (χ3v) is 33.6. The Labute approximate surface area is 756 Å². The summed E-state index contributed by atoms with van der Waals surface area (Å²) in [6.07, 6.45) is 94.2. The zero-order valence-corrected chi connectivity index (χ0v) is 84.0. The second-order valence-corrected chi connectivity index (χ2v) is 42.2. The van der Waals surface area contributed by atoms with Crippen LogP contribution in [0.1, 0.15) is 474 Å². The molecule has 0 atom stereocenters. The van der Waals surface area contributed by atoms with Crippen LogP contribution in [0.25, 0.3) is 85.1 Å². The summed E-state index contributed by atoms with van der Waals surface area (Å²) in [5.74, 6) is 0. The lowest BCUT2D eigenvalue weighted by Gasteiger charge is -2.08. The standard InChI is InChI=1S/C110H160S8/c1-17-33-49-81-79-111-97(83(81)51-35-19-3)65-67-99-85(53-37-21-5)87(55-39-23-7)101(113-99)69-71-103-89(57-41-25-9)91(59-43-27-11)105(115-103)73-75-107-93(61-45-29-13)95(63-47-31-15)109(117-107)77-78-110-96(64-48-32-16)94(62-46-30-14)108(118-110)76-74-106-92(60-44-28-12)90(58-42-26-10)104(116-106)72-70-102-88(56-40-24-8)86(54-38-22-6)100(114-102)68-66-98-84(52-36-20-4)82(80-112-98)50-34-18-2/h65-80H,17-64H2,1-16H3/b67-65+,68-66+,71-69+,72-70+,75-73+,76-74+,78-77+. The molecule has 118 heavy (non-hydrogen) atoms. The van der Waals surface area contributed by atoms with Crippen molar-refractivity contribution in [3.63, 3.8) is 0 Å². The summed E-state index contributed by atoms with van der Waals surface area (Å²) in [6, 6.07) is 0. The lowest BCUT2D eigenvalue weighted by atomic mass is 9.95. The minimum absolute atomic E-state index is 1.15. The third kappa shape index (κ3) is 29.2. The Morgan fingerprint density at radius 2 is 0.254 bits per heavy atom. The maximum absolute atomic E-state index is 2.61. The highest BCUT2D eigenvalue weighted by molar-refractivity contribution is 7.17. The Morgan fingerprint density at radius 3 is 0.381 bits per heavy atom. The van der Waals surface area contributed by atoms with Gasteiger partial charge in [0.1, 0.15) is 0 Å². The van der Waals surface area contributed by atoms with E-state index in [-0.39, 0.29) is 0 Å². The van der Waals surface area contributed by atoms with Crippen LogP contribution in [0.3, 0.4) is 0 Å². The zero-order valence-electron chi connectivity index (χ0n) is 77.4. The quantitative estimate of drug-likeness (QED) is 0.0356. The molecular formula is C110H160S8. The molecule has 0 spiro atoms. The van der Waals surface area contributed by atoms with E-state index in [9.17, 15) is 0 Å². The summed E-state index contributed by atoms with van der Waals surface area (Å²) < 4.78 is 0. The second-order valence-electron chi connectivity index (χ2n) is 33.9. The molecule has 0 amide bonds. The molecule has 0 N–H and O–H groups in total. The number of rotatable bonds is 62. The molecule has 0 aliphatic carbocycles. The molecule has 8 heteroatoms. The van der Waals surface area contributed by atoms with Gasteiger partial charge in [-0.2, -0.15) is 0 Å². The molecule has 648 valence electrons. The monoisotopic (exact) mass is 1740 g/mol. The average Bonchev–Trinajstić information content (AvgIpc) is 1.64. The number of aryl methyl sites for hydroxylation is 2. The van der Waals surface area contributed by atoms with E-state index in [0.29, 0.717) is 0 Å². The first-order valence-electron chi connectivity index (χ1n) is 48.8. The highest BCUT2D eigenvalue weighted by atomic mass is 32.1. The van der Waals surface area contributed by atoms with Gasteiger partial charge < -0.3 is 0 Å². The summed E-state index contributed by atoms with van der Waals surface area (Å²) in [4.78, 5) is 20.9. The fourth-order valence-corrected chi connectivity index (χ4v) is 26.4. The van der Waals surface area contributed by atoms with Crippen molar-refractivity contribution in [2.24, 2.45) is 0 Å². The van der Waals surface area contributed by atoms with Gasteiger partial charge in [-0.25, -0.2) is 0 Å². The van der Waals surface area contributed by atoms with Crippen LogP contribution in [0.4, 0.5) is 0 Å². The predicted molar refractivity (Wildman–Crippen MR) is 555 cm³/mol. The van der Waals surface area contributed by atoms with E-state index >= 15 is 0 Å². The van der Waals surface area contributed by atoms with Crippen molar-refractivity contribution in [3.8, 4) is 0 Å². The van der Waals surface area contributed by atoms with Crippen molar-refractivity contribution in [1.82, 2.24) is 0 Å². The summed E-state index contributed by atoms with van der Waals surface area (Å²) in [6.45, 7) is 38.0. The minimum Gasteiger partial charge on any atom is -0.144 e. The SMILES string of the molecule is CCCCc1csc(/C=C/c2sc(/C=C/c3sc(/C=C/c4sc(/C=C/c5sc(/C=C/c6sc(/C=C/c7sc(/C=C/c8scc(CCCC)c8CCCC)c(CCCC)c7CCCC)c(CCCC)c6CCCC)c(CCCC)c5CCCC)c(CCCC)c4CCCC)c(CCCC)c3CCCC)c(CCCC)c2CCCC)c1CCCC. The highest BCUT2D eigenvalue weighted by Gasteiger charge is 2.25. The molecule has 8 aromatic heterocycles. The summed E-state index contributed by atoms with van der Waals surface area (Å²) >= 11 is 16.5. The van der Waals surface area contributed by atoms with Crippen molar-refractivity contribution in [3.05, 3.63) is 168 Å². The van der Waals surface area contributed by atoms with Crippen molar-refractivity contribution in [2.45, 2.75) is 419 Å². The van der Waals surface area contributed by atoms with Gasteiger partial charge in [0, 0.05) is 68.3 Å². The van der Waals surface area contributed by atoms with Gasteiger partial charge in [0.2, 0.25) is 0 Å². The van der Waals surface area contributed by atoms with Gasteiger partial charge in [-0.1, -0.05) is 214 Å². The molecule has 0 nitrogen and oxygen atoms in total. The molecule has 8 aromatic rings. The van der Waals surface area contributed by atoms with Crippen LogP contribution in [0.2, 0.25) is 0 Å². The molecule has 0 bridgehead atoms. The van der Waals surface area contributed by atoms with Gasteiger partial charge in [-0.3, -0.25) is 0 Å². The average molecular weight is 1740 g/mol. The fourth-order valence-electron chi connectivity index (χ4n) is 17.0. The van der Waals surface area contributed by atoms with Gasteiger partial charge in [-0.05, 0) is 390 Å². The lowest BCUT2D eigenvalue weighted by molar-refractivity contribution is 0.760. The van der Waals surface area contributed by atoms with Crippen LogP contribution < -0.4 is 0 Å². The zero-order chi connectivity index (χ0) is 84.2. The Bertz CT molecular complexity index is 4110. The van der Waals surface area contributed by atoms with E-state index in [1.807, 2.05) is 22.7 Å².